The maximum Gasteiger partial charge on any atom is 0.491 e. The lowest BCUT2D eigenvalue weighted by Crippen LogP contribution is -2.35. The zero-order valence-corrected chi connectivity index (χ0v) is 12.6. The second-order valence-corrected chi connectivity index (χ2v) is 5.50. The van der Waals surface area contributed by atoms with Crippen LogP contribution in [0.5, 0.6) is 0 Å². The minimum atomic E-state index is -1.76. The van der Waals surface area contributed by atoms with Gasteiger partial charge in [0.15, 0.2) is 0 Å². The van der Waals surface area contributed by atoms with E-state index in [4.69, 9.17) is 10.0 Å². The topological polar surface area (TPSA) is 43.7 Å². The normalized spacial score (nSPS) is 11.4. The van der Waals surface area contributed by atoms with Gasteiger partial charge in [-0.1, -0.05) is 31.9 Å². The van der Waals surface area contributed by atoms with Crippen LogP contribution in [-0.4, -0.2) is 34.7 Å². The zero-order valence-electron chi connectivity index (χ0n) is 12.6. The number of nitrogens with zero attached hydrogens (tertiary/aromatic N) is 1. The molecule has 0 bridgehead atoms. The number of unbranched alkanes of at least 4 members (excludes halogenated alkanes) is 2. The number of hydrogen-bond acceptors (Lipinski definition) is 3. The molecule has 0 aliphatic carbocycles. The molecule has 0 amide bonds. The highest BCUT2D eigenvalue weighted by Gasteiger charge is 2.18. The molecule has 2 N–H and O–H groups in total. The van der Waals surface area contributed by atoms with Crippen molar-refractivity contribution in [2.45, 2.75) is 52.6 Å². The second kappa shape index (κ2) is 8.40. The number of rotatable bonds is 8. The van der Waals surface area contributed by atoms with E-state index < -0.39 is 12.9 Å². The van der Waals surface area contributed by atoms with Gasteiger partial charge in [0.1, 0.15) is 5.82 Å². The van der Waals surface area contributed by atoms with Gasteiger partial charge in [0.2, 0.25) is 0 Å². The molecule has 1 rings (SSSR count). The van der Waals surface area contributed by atoms with Crippen LogP contribution >= 0.6 is 0 Å². The van der Waals surface area contributed by atoms with Gasteiger partial charge in [0, 0.05) is 18.0 Å². The van der Waals surface area contributed by atoms with Gasteiger partial charge in [0.05, 0.1) is 0 Å². The lowest BCUT2D eigenvalue weighted by Gasteiger charge is -2.26. The van der Waals surface area contributed by atoms with Gasteiger partial charge in [-0.15, -0.1) is 0 Å². The van der Waals surface area contributed by atoms with Gasteiger partial charge < -0.3 is 10.0 Å². The summed E-state index contributed by atoms with van der Waals surface area (Å²) >= 11 is 0. The molecule has 0 aliphatic heterocycles. The highest BCUT2D eigenvalue weighted by atomic mass is 19.1. The lowest BCUT2D eigenvalue weighted by molar-refractivity contribution is 0.208. The molecule has 5 heteroatoms. The Morgan fingerprint density at radius 3 is 2.50 bits per heavy atom. The molecule has 0 unspecified atom stereocenters. The first-order valence-electron chi connectivity index (χ1n) is 7.34. The van der Waals surface area contributed by atoms with Crippen molar-refractivity contribution >= 4 is 12.6 Å². The SMILES string of the molecule is CCCCCN(Cc1ccc(F)c(B(O)O)c1)C(C)C. The van der Waals surface area contributed by atoms with Crippen molar-refractivity contribution in [1.82, 2.24) is 4.90 Å². The van der Waals surface area contributed by atoms with Gasteiger partial charge in [0.25, 0.3) is 0 Å². The molecule has 0 radical (unpaired) electrons. The summed E-state index contributed by atoms with van der Waals surface area (Å²) < 4.78 is 13.4. The summed E-state index contributed by atoms with van der Waals surface area (Å²) in [5, 5.41) is 18.3. The molecule has 0 spiro atoms. The van der Waals surface area contributed by atoms with E-state index in [0.717, 1.165) is 18.5 Å². The minimum Gasteiger partial charge on any atom is -0.423 e. The van der Waals surface area contributed by atoms with Crippen LogP contribution < -0.4 is 5.46 Å². The van der Waals surface area contributed by atoms with Crippen LogP contribution in [0, 0.1) is 5.82 Å². The monoisotopic (exact) mass is 281 g/mol. The van der Waals surface area contributed by atoms with Crippen LogP contribution in [0.3, 0.4) is 0 Å². The fourth-order valence-electron chi connectivity index (χ4n) is 2.21. The van der Waals surface area contributed by atoms with E-state index in [2.05, 4.69) is 25.7 Å². The predicted octanol–water partition coefficient (Wildman–Crippen LogP) is 1.91. The van der Waals surface area contributed by atoms with Crippen molar-refractivity contribution in [3.8, 4) is 0 Å². The molecule has 0 saturated carbocycles. The summed E-state index contributed by atoms with van der Waals surface area (Å²) in [5.41, 5.74) is 0.847. The minimum absolute atomic E-state index is 0.0558. The molecule has 1 aromatic rings. The van der Waals surface area contributed by atoms with E-state index in [-0.39, 0.29) is 5.46 Å². The fraction of sp³-hybridized carbons (Fsp3) is 0.600. The van der Waals surface area contributed by atoms with E-state index >= 15 is 0 Å². The van der Waals surface area contributed by atoms with Gasteiger partial charge in [-0.05, 0) is 38.4 Å². The van der Waals surface area contributed by atoms with Crippen molar-refractivity contribution in [2.24, 2.45) is 0 Å². The summed E-state index contributed by atoms with van der Waals surface area (Å²) in [6.45, 7) is 8.14. The van der Waals surface area contributed by atoms with Crippen LogP contribution in [0.2, 0.25) is 0 Å². The van der Waals surface area contributed by atoms with Crippen LogP contribution in [0.25, 0.3) is 0 Å². The predicted molar refractivity (Wildman–Crippen MR) is 81.3 cm³/mol. The molecular formula is C15H25BFNO2. The summed E-state index contributed by atoms with van der Waals surface area (Å²) in [5.74, 6) is -0.578. The molecule has 0 atom stereocenters. The lowest BCUT2D eigenvalue weighted by atomic mass is 9.79. The molecule has 3 nitrogen and oxygen atoms in total. The highest BCUT2D eigenvalue weighted by molar-refractivity contribution is 6.58. The van der Waals surface area contributed by atoms with Crippen molar-refractivity contribution in [1.29, 1.82) is 0 Å². The molecule has 112 valence electrons. The molecule has 1 aromatic carbocycles. The Kier molecular flexibility index (Phi) is 7.20. The average molecular weight is 281 g/mol. The van der Waals surface area contributed by atoms with E-state index in [1.807, 2.05) is 0 Å². The number of halogens is 1. The fourth-order valence-corrected chi connectivity index (χ4v) is 2.21. The van der Waals surface area contributed by atoms with E-state index in [1.165, 1.54) is 25.0 Å². The summed E-state index contributed by atoms with van der Waals surface area (Å²) in [4.78, 5) is 2.32. The van der Waals surface area contributed by atoms with Crippen molar-refractivity contribution in [3.05, 3.63) is 29.6 Å². The third-order valence-corrected chi connectivity index (χ3v) is 3.50. The molecule has 20 heavy (non-hydrogen) atoms. The highest BCUT2D eigenvalue weighted by Crippen LogP contribution is 2.10. The Bertz CT molecular complexity index is 413. The van der Waals surface area contributed by atoms with E-state index in [9.17, 15) is 4.39 Å². The number of hydrogen-bond donors (Lipinski definition) is 2. The van der Waals surface area contributed by atoms with Crippen LogP contribution in [0.15, 0.2) is 18.2 Å². The molecular weight excluding hydrogens is 256 g/mol. The first kappa shape index (κ1) is 17.1. The molecule has 0 aliphatic rings. The third kappa shape index (κ3) is 5.23. The Labute approximate surface area is 121 Å². The first-order chi connectivity index (χ1) is 9.45. The molecule has 0 heterocycles. The molecule has 0 saturated heterocycles. The largest absolute Gasteiger partial charge is 0.491 e. The van der Waals surface area contributed by atoms with Crippen molar-refractivity contribution in [3.63, 3.8) is 0 Å². The van der Waals surface area contributed by atoms with Crippen LogP contribution in [-0.2, 0) is 6.54 Å². The molecule has 0 fully saturated rings. The van der Waals surface area contributed by atoms with Gasteiger partial charge >= 0.3 is 7.12 Å². The summed E-state index contributed by atoms with van der Waals surface area (Å²) in [6, 6.07) is 4.94. The summed E-state index contributed by atoms with van der Waals surface area (Å²) in [6.07, 6.45) is 3.53. The Balaban J connectivity index is 2.75. The summed E-state index contributed by atoms with van der Waals surface area (Å²) in [7, 11) is -1.76. The van der Waals surface area contributed by atoms with Gasteiger partial charge in [-0.2, -0.15) is 0 Å². The maximum atomic E-state index is 13.4. The van der Waals surface area contributed by atoms with E-state index in [0.29, 0.717) is 12.6 Å². The average Bonchev–Trinajstić information content (AvgIpc) is 2.39. The Hall–Kier alpha value is -0.905. The number of benzene rings is 1. The second-order valence-electron chi connectivity index (χ2n) is 5.50. The zero-order chi connectivity index (χ0) is 15.1. The maximum absolute atomic E-state index is 13.4. The molecule has 0 aromatic heterocycles. The third-order valence-electron chi connectivity index (χ3n) is 3.50. The standard InChI is InChI=1S/C15H25BFNO2/c1-4-5-6-9-18(12(2)3)11-13-7-8-15(17)14(10-13)16(19)20/h7-8,10,12,19-20H,4-6,9,11H2,1-3H3. The van der Waals surface area contributed by atoms with Crippen LogP contribution in [0.4, 0.5) is 4.39 Å². The van der Waals surface area contributed by atoms with Crippen molar-refractivity contribution in [2.75, 3.05) is 6.54 Å². The van der Waals surface area contributed by atoms with Gasteiger partial charge in [-0.3, -0.25) is 4.90 Å². The van der Waals surface area contributed by atoms with E-state index in [1.54, 1.807) is 6.07 Å². The smallest absolute Gasteiger partial charge is 0.423 e. The Morgan fingerprint density at radius 2 is 1.95 bits per heavy atom. The van der Waals surface area contributed by atoms with Crippen molar-refractivity contribution < 1.29 is 14.4 Å². The van der Waals surface area contributed by atoms with Gasteiger partial charge in [-0.25, -0.2) is 4.39 Å². The Morgan fingerprint density at radius 1 is 1.25 bits per heavy atom. The first-order valence-corrected chi connectivity index (χ1v) is 7.34. The van der Waals surface area contributed by atoms with Crippen LogP contribution in [0.1, 0.15) is 45.6 Å². The quantitative estimate of drug-likeness (QED) is 0.565.